The molecule has 4 heteroatoms. The quantitative estimate of drug-likeness (QED) is 0.222. The molecule has 2 heterocycles. The number of hydrogen-bond donors (Lipinski definition) is 1. The van der Waals surface area contributed by atoms with E-state index in [4.69, 9.17) is 0 Å². The van der Waals surface area contributed by atoms with E-state index in [0.717, 1.165) is 23.7 Å². The molecule has 0 radical (unpaired) electrons. The Labute approximate surface area is 178 Å². The molecule has 0 aliphatic carbocycles. The fourth-order valence-electron chi connectivity index (χ4n) is 3.75. The minimum atomic E-state index is 0.911. The first-order valence-electron chi connectivity index (χ1n) is 12.0. The van der Waals surface area contributed by atoms with E-state index in [0.29, 0.717) is 0 Å². The van der Waals surface area contributed by atoms with Crippen molar-refractivity contribution in [1.29, 1.82) is 0 Å². The van der Waals surface area contributed by atoms with E-state index in [-0.39, 0.29) is 0 Å². The number of aromatic nitrogens is 3. The van der Waals surface area contributed by atoms with E-state index in [1.54, 1.807) is 6.20 Å². The van der Waals surface area contributed by atoms with Crippen LogP contribution in [-0.2, 0) is 0 Å². The Bertz CT molecular complexity index is 689. The zero-order valence-electron chi connectivity index (χ0n) is 18.8. The van der Waals surface area contributed by atoms with Gasteiger partial charge < -0.3 is 5.32 Å². The molecule has 0 aromatic carbocycles. The number of allylic oxidation sites excluding steroid dienone is 2. The first-order valence-corrected chi connectivity index (χ1v) is 12.0. The number of anilines is 1. The van der Waals surface area contributed by atoms with Gasteiger partial charge in [0.05, 0.1) is 6.20 Å². The van der Waals surface area contributed by atoms with Gasteiger partial charge >= 0.3 is 0 Å². The standard InChI is InChI=1S/C25H42N4/c1-3-4-5-6-7-8-9-10-11-12-13-14-15-16-17-18-20-26-25-22-23(2)28-24-19-21-27-29(24)25/h10-11,19,21-22,26H,3-9,12-18,20H2,1-2H3/b11-10+. The van der Waals surface area contributed by atoms with Crippen molar-refractivity contribution in [3.05, 3.63) is 36.2 Å². The number of nitrogens with one attached hydrogen (secondary N) is 1. The van der Waals surface area contributed by atoms with Gasteiger partial charge in [-0.2, -0.15) is 9.61 Å². The van der Waals surface area contributed by atoms with Crippen molar-refractivity contribution in [3.63, 3.8) is 0 Å². The third kappa shape index (κ3) is 9.96. The smallest absolute Gasteiger partial charge is 0.157 e. The summed E-state index contributed by atoms with van der Waals surface area (Å²) in [6.45, 7) is 5.31. The molecule has 0 atom stereocenters. The predicted octanol–water partition coefficient (Wildman–Crippen LogP) is 7.49. The molecule has 0 saturated heterocycles. The van der Waals surface area contributed by atoms with Crippen LogP contribution < -0.4 is 5.32 Å². The monoisotopic (exact) mass is 398 g/mol. The third-order valence-electron chi connectivity index (χ3n) is 5.48. The summed E-state index contributed by atoms with van der Waals surface area (Å²) in [5.74, 6) is 1.05. The number of hydrogen-bond acceptors (Lipinski definition) is 3. The van der Waals surface area contributed by atoms with E-state index in [9.17, 15) is 0 Å². The van der Waals surface area contributed by atoms with Crippen molar-refractivity contribution in [3.8, 4) is 0 Å². The molecule has 2 aromatic heterocycles. The van der Waals surface area contributed by atoms with Gasteiger partial charge in [0.15, 0.2) is 5.65 Å². The van der Waals surface area contributed by atoms with Gasteiger partial charge in [-0.1, -0.05) is 76.9 Å². The van der Waals surface area contributed by atoms with Gasteiger partial charge in [-0.3, -0.25) is 0 Å². The fourth-order valence-corrected chi connectivity index (χ4v) is 3.75. The second-order valence-electron chi connectivity index (χ2n) is 8.25. The zero-order valence-corrected chi connectivity index (χ0v) is 18.8. The number of nitrogens with zero attached hydrogens (tertiary/aromatic N) is 3. The van der Waals surface area contributed by atoms with Crippen LogP contribution in [0.2, 0.25) is 0 Å². The van der Waals surface area contributed by atoms with Crippen LogP contribution in [-0.4, -0.2) is 21.1 Å². The van der Waals surface area contributed by atoms with Crippen molar-refractivity contribution in [1.82, 2.24) is 14.6 Å². The van der Waals surface area contributed by atoms with Crippen molar-refractivity contribution in [2.75, 3.05) is 11.9 Å². The van der Waals surface area contributed by atoms with E-state index in [1.165, 1.54) is 89.9 Å². The van der Waals surface area contributed by atoms with E-state index < -0.39 is 0 Å². The van der Waals surface area contributed by atoms with Crippen LogP contribution >= 0.6 is 0 Å². The average molecular weight is 399 g/mol. The fraction of sp³-hybridized carbons (Fsp3) is 0.680. The minimum absolute atomic E-state index is 0.911. The molecule has 0 amide bonds. The van der Waals surface area contributed by atoms with Crippen molar-refractivity contribution in [2.45, 2.75) is 104 Å². The highest BCUT2D eigenvalue weighted by molar-refractivity contribution is 5.48. The minimum Gasteiger partial charge on any atom is -0.370 e. The largest absolute Gasteiger partial charge is 0.370 e. The molecule has 0 aliphatic heterocycles. The maximum Gasteiger partial charge on any atom is 0.157 e. The molecule has 0 fully saturated rings. The Morgan fingerprint density at radius 3 is 2.17 bits per heavy atom. The van der Waals surface area contributed by atoms with E-state index >= 15 is 0 Å². The second-order valence-corrected chi connectivity index (χ2v) is 8.25. The summed E-state index contributed by atoms with van der Waals surface area (Å²) in [6, 6.07) is 4.02. The van der Waals surface area contributed by atoms with Crippen LogP contribution in [0.3, 0.4) is 0 Å². The lowest BCUT2D eigenvalue weighted by Crippen LogP contribution is -2.08. The van der Waals surface area contributed by atoms with Gasteiger partial charge in [-0.05, 0) is 39.0 Å². The molecule has 162 valence electrons. The molecule has 4 nitrogen and oxygen atoms in total. The summed E-state index contributed by atoms with van der Waals surface area (Å²) < 4.78 is 1.88. The number of unbranched alkanes of at least 4 members (excludes halogenated alkanes) is 12. The highest BCUT2D eigenvalue weighted by Gasteiger charge is 2.03. The zero-order chi connectivity index (χ0) is 20.6. The van der Waals surface area contributed by atoms with Crippen molar-refractivity contribution < 1.29 is 0 Å². The molecular weight excluding hydrogens is 356 g/mol. The molecule has 0 unspecified atom stereocenters. The third-order valence-corrected chi connectivity index (χ3v) is 5.48. The van der Waals surface area contributed by atoms with Crippen LogP contribution in [0.5, 0.6) is 0 Å². The normalized spacial score (nSPS) is 11.7. The van der Waals surface area contributed by atoms with Crippen LogP contribution in [0.15, 0.2) is 30.5 Å². The van der Waals surface area contributed by atoms with Crippen LogP contribution in [0, 0.1) is 6.92 Å². The molecule has 2 aromatic rings. The van der Waals surface area contributed by atoms with Gasteiger partial charge in [0, 0.05) is 24.4 Å². The molecule has 2 rings (SSSR count). The van der Waals surface area contributed by atoms with Gasteiger partial charge in [-0.15, -0.1) is 0 Å². The summed E-state index contributed by atoms with van der Waals surface area (Å²) in [5.41, 5.74) is 1.94. The number of rotatable bonds is 17. The van der Waals surface area contributed by atoms with Crippen LogP contribution in [0.1, 0.15) is 103 Å². The van der Waals surface area contributed by atoms with Crippen LogP contribution in [0.4, 0.5) is 5.82 Å². The topological polar surface area (TPSA) is 42.2 Å². The molecule has 1 N–H and O–H groups in total. The second kappa shape index (κ2) is 15.1. The molecule has 29 heavy (non-hydrogen) atoms. The first kappa shape index (κ1) is 23.4. The van der Waals surface area contributed by atoms with Crippen molar-refractivity contribution in [2.24, 2.45) is 0 Å². The lowest BCUT2D eigenvalue weighted by Gasteiger charge is -2.09. The summed E-state index contributed by atoms with van der Waals surface area (Å²) in [4.78, 5) is 4.48. The summed E-state index contributed by atoms with van der Waals surface area (Å²) in [6.07, 6.45) is 25.5. The number of aryl methyl sites for hydroxylation is 1. The lowest BCUT2D eigenvalue weighted by atomic mass is 10.1. The van der Waals surface area contributed by atoms with E-state index in [1.807, 2.05) is 17.5 Å². The van der Waals surface area contributed by atoms with Gasteiger partial charge in [0.2, 0.25) is 0 Å². The molecule has 0 aliphatic rings. The van der Waals surface area contributed by atoms with Gasteiger partial charge in [-0.25, -0.2) is 4.98 Å². The Kier molecular flexibility index (Phi) is 12.2. The SMILES string of the molecule is CCCCCCCC/C=C/CCCCCCCCNc1cc(C)nc2ccnn12. The maximum atomic E-state index is 4.48. The lowest BCUT2D eigenvalue weighted by molar-refractivity contribution is 0.602. The Balaban J connectivity index is 1.39. The van der Waals surface area contributed by atoms with Gasteiger partial charge in [0.25, 0.3) is 0 Å². The Morgan fingerprint density at radius 1 is 0.862 bits per heavy atom. The molecule has 0 bridgehead atoms. The highest BCUT2D eigenvalue weighted by Crippen LogP contribution is 2.13. The number of fused-ring (bicyclic) bond motifs is 1. The molecular formula is C25H42N4. The predicted molar refractivity (Wildman–Crippen MR) is 126 cm³/mol. The summed E-state index contributed by atoms with van der Waals surface area (Å²) in [5, 5.41) is 7.86. The average Bonchev–Trinajstić information content (AvgIpc) is 3.18. The summed E-state index contributed by atoms with van der Waals surface area (Å²) >= 11 is 0. The van der Waals surface area contributed by atoms with Gasteiger partial charge in [0.1, 0.15) is 5.82 Å². The molecule has 0 spiro atoms. The molecule has 0 saturated carbocycles. The summed E-state index contributed by atoms with van der Waals surface area (Å²) in [7, 11) is 0. The Hall–Kier alpha value is -1.84. The Morgan fingerprint density at radius 2 is 1.48 bits per heavy atom. The first-order chi connectivity index (χ1) is 14.3. The van der Waals surface area contributed by atoms with Crippen molar-refractivity contribution >= 4 is 11.5 Å². The van der Waals surface area contributed by atoms with Crippen LogP contribution in [0.25, 0.3) is 5.65 Å². The highest BCUT2D eigenvalue weighted by atomic mass is 15.3. The maximum absolute atomic E-state index is 4.48. The van der Waals surface area contributed by atoms with E-state index in [2.05, 4.69) is 40.5 Å².